The number of alkyl halides is 3. The van der Waals surface area contributed by atoms with Gasteiger partial charge in [0.2, 0.25) is 10.0 Å². The highest BCUT2D eigenvalue weighted by molar-refractivity contribution is 9.10. The minimum atomic E-state index is -5.08. The Labute approximate surface area is 208 Å². The van der Waals surface area contributed by atoms with E-state index in [2.05, 4.69) is 36.2 Å². The average molecular weight is 581 g/mol. The van der Waals surface area contributed by atoms with Crippen molar-refractivity contribution in [1.82, 2.24) is 10.6 Å². The van der Waals surface area contributed by atoms with Crippen LogP contribution >= 0.6 is 15.9 Å². The molecule has 0 radical (unpaired) electrons. The van der Waals surface area contributed by atoms with Gasteiger partial charge in [0.15, 0.2) is 0 Å². The summed E-state index contributed by atoms with van der Waals surface area (Å²) >= 11 is 3.41. The molecule has 35 heavy (non-hydrogen) atoms. The minimum absolute atomic E-state index is 0.261. The number of carboxylic acids is 1. The molecule has 2 aromatic rings. The summed E-state index contributed by atoms with van der Waals surface area (Å²) in [6.45, 7) is 3.58. The molecule has 1 amide bonds. The van der Waals surface area contributed by atoms with Crippen LogP contribution in [0.1, 0.15) is 15.9 Å². The number of benzene rings is 2. The number of carbonyl (C=O) groups excluding carboxylic acids is 1. The van der Waals surface area contributed by atoms with E-state index in [9.17, 15) is 26.4 Å². The predicted molar refractivity (Wildman–Crippen MR) is 129 cm³/mol. The fourth-order valence-electron chi connectivity index (χ4n) is 3.07. The lowest BCUT2D eigenvalue weighted by atomic mass is 10.1. The molecule has 0 unspecified atom stereocenters. The van der Waals surface area contributed by atoms with Crippen LogP contribution in [-0.2, 0) is 21.4 Å². The van der Waals surface area contributed by atoms with Crippen molar-refractivity contribution in [3.63, 3.8) is 0 Å². The second-order valence-corrected chi connectivity index (χ2v) is 10.1. The van der Waals surface area contributed by atoms with Gasteiger partial charge in [0.25, 0.3) is 5.91 Å². The summed E-state index contributed by atoms with van der Waals surface area (Å²) in [6, 6.07) is 12.8. The number of nitrogens with one attached hydrogen (secondary N) is 3. The zero-order chi connectivity index (χ0) is 26.2. The summed E-state index contributed by atoms with van der Waals surface area (Å²) in [5.41, 5.74) is 2.56. The molecule has 1 aliphatic heterocycles. The predicted octanol–water partition coefficient (Wildman–Crippen LogP) is 2.79. The monoisotopic (exact) mass is 580 g/mol. The molecule has 0 spiro atoms. The van der Waals surface area contributed by atoms with E-state index in [0.717, 1.165) is 48.2 Å². The molecule has 0 aromatic heterocycles. The highest BCUT2D eigenvalue weighted by Gasteiger charge is 2.38. The molecule has 0 atom stereocenters. The number of hydrogen-bond acceptors (Lipinski definition) is 6. The second-order valence-electron chi connectivity index (χ2n) is 7.46. The number of amides is 1. The number of aliphatic carboxylic acids is 1. The fraction of sp³-hybridized carbons (Fsp3) is 0.333. The van der Waals surface area contributed by atoms with E-state index in [4.69, 9.17) is 9.90 Å². The smallest absolute Gasteiger partial charge is 0.475 e. The van der Waals surface area contributed by atoms with Gasteiger partial charge >= 0.3 is 12.1 Å². The van der Waals surface area contributed by atoms with Gasteiger partial charge in [-0.05, 0) is 35.9 Å². The van der Waals surface area contributed by atoms with E-state index >= 15 is 0 Å². The third-order valence-corrected chi connectivity index (χ3v) is 5.68. The van der Waals surface area contributed by atoms with Gasteiger partial charge in [0.05, 0.1) is 17.6 Å². The van der Waals surface area contributed by atoms with Gasteiger partial charge in [-0.3, -0.25) is 9.52 Å². The first-order valence-corrected chi connectivity index (χ1v) is 12.8. The lowest BCUT2D eigenvalue weighted by molar-refractivity contribution is -0.192. The molecule has 1 aliphatic rings. The van der Waals surface area contributed by atoms with E-state index in [0.29, 0.717) is 17.8 Å². The Bertz CT molecular complexity index is 1160. The zero-order valence-corrected chi connectivity index (χ0v) is 20.9. The first-order valence-electron chi connectivity index (χ1n) is 10.2. The maximum Gasteiger partial charge on any atom is 0.490 e. The fourth-order valence-corrected chi connectivity index (χ4v) is 4.08. The summed E-state index contributed by atoms with van der Waals surface area (Å²) < 4.78 is 58.9. The number of sulfonamides is 1. The summed E-state index contributed by atoms with van der Waals surface area (Å²) in [4.78, 5) is 23.6. The van der Waals surface area contributed by atoms with E-state index in [1.807, 2.05) is 24.3 Å². The SMILES string of the molecule is CS(=O)(=O)Nc1cc(C(=O)NCc2cccc(Br)c2)ccc1N1CCNCC1.O=C(O)C(F)(F)F. The Kier molecular flexibility index (Phi) is 9.92. The molecule has 1 fully saturated rings. The normalized spacial score (nSPS) is 13.9. The van der Waals surface area contributed by atoms with Gasteiger partial charge in [0, 0.05) is 42.8 Å². The number of anilines is 2. The minimum Gasteiger partial charge on any atom is -0.475 e. The van der Waals surface area contributed by atoms with Crippen LogP contribution in [0.15, 0.2) is 46.9 Å². The number of carboxylic acid groups (broad SMARTS) is 1. The summed E-state index contributed by atoms with van der Waals surface area (Å²) in [7, 11) is -3.47. The van der Waals surface area contributed by atoms with E-state index in [1.54, 1.807) is 18.2 Å². The van der Waals surface area contributed by atoms with Gasteiger partial charge in [-0.15, -0.1) is 0 Å². The summed E-state index contributed by atoms with van der Waals surface area (Å²) in [5.74, 6) is -3.02. The van der Waals surface area contributed by atoms with Crippen LogP contribution in [0.2, 0.25) is 0 Å². The van der Waals surface area contributed by atoms with Crippen molar-refractivity contribution in [3.05, 3.63) is 58.1 Å². The first kappa shape index (κ1) is 28.4. The van der Waals surface area contributed by atoms with Crippen molar-refractivity contribution < 1.29 is 36.3 Å². The van der Waals surface area contributed by atoms with Crippen LogP contribution in [0.5, 0.6) is 0 Å². The topological polar surface area (TPSA) is 128 Å². The molecule has 0 aliphatic carbocycles. The standard InChI is InChI=1S/C19H23BrN4O3S.C2HF3O2/c1-28(26,27)23-17-12-15(5-6-18(17)24-9-7-21-8-10-24)19(25)22-13-14-3-2-4-16(20)11-14;3-2(4,5)1(6)7/h2-6,11-12,21,23H,7-10,13H2,1H3,(H,22,25);(H,6,7). The number of nitrogens with zero attached hydrogens (tertiary/aromatic N) is 1. The third-order valence-electron chi connectivity index (χ3n) is 4.60. The van der Waals surface area contributed by atoms with Crippen LogP contribution in [0.3, 0.4) is 0 Å². The van der Waals surface area contributed by atoms with Gasteiger partial charge in [0.1, 0.15) is 0 Å². The number of rotatable bonds is 6. The maximum atomic E-state index is 12.6. The van der Waals surface area contributed by atoms with Crippen molar-refractivity contribution in [2.45, 2.75) is 12.7 Å². The molecule has 0 bridgehead atoms. The Morgan fingerprint density at radius 2 is 1.77 bits per heavy atom. The van der Waals surface area contributed by atoms with Gasteiger partial charge in [-0.25, -0.2) is 13.2 Å². The maximum absolute atomic E-state index is 12.6. The Morgan fingerprint density at radius 1 is 1.14 bits per heavy atom. The van der Waals surface area contributed by atoms with Crippen molar-refractivity contribution in [2.75, 3.05) is 42.1 Å². The number of hydrogen-bond donors (Lipinski definition) is 4. The van der Waals surface area contributed by atoms with Crippen LogP contribution in [0.25, 0.3) is 0 Å². The number of carbonyl (C=O) groups is 2. The molecule has 192 valence electrons. The molecule has 3 rings (SSSR count). The number of halogens is 4. The van der Waals surface area contributed by atoms with Gasteiger partial charge < -0.3 is 20.6 Å². The van der Waals surface area contributed by atoms with Crippen LogP contribution < -0.4 is 20.3 Å². The van der Waals surface area contributed by atoms with E-state index in [-0.39, 0.29) is 5.91 Å². The highest BCUT2D eigenvalue weighted by atomic mass is 79.9. The lowest BCUT2D eigenvalue weighted by Gasteiger charge is -2.31. The Morgan fingerprint density at radius 3 is 2.31 bits per heavy atom. The summed E-state index contributed by atoms with van der Waals surface area (Å²) in [5, 5.41) is 13.3. The second kappa shape index (κ2) is 12.2. The Balaban J connectivity index is 0.000000540. The highest BCUT2D eigenvalue weighted by Crippen LogP contribution is 2.28. The molecule has 1 heterocycles. The van der Waals surface area contributed by atoms with Gasteiger partial charge in [-0.1, -0.05) is 28.1 Å². The number of piperazine rings is 1. The quantitative estimate of drug-likeness (QED) is 0.413. The molecule has 0 saturated carbocycles. The van der Waals surface area contributed by atoms with Gasteiger partial charge in [-0.2, -0.15) is 13.2 Å². The Hall–Kier alpha value is -2.84. The average Bonchev–Trinajstić information content (AvgIpc) is 2.77. The van der Waals surface area contributed by atoms with Crippen LogP contribution in [0.4, 0.5) is 24.5 Å². The van der Waals surface area contributed by atoms with Crippen molar-refractivity contribution in [1.29, 1.82) is 0 Å². The van der Waals surface area contributed by atoms with Crippen LogP contribution in [-0.4, -0.2) is 64.0 Å². The largest absolute Gasteiger partial charge is 0.490 e. The van der Waals surface area contributed by atoms with Crippen molar-refractivity contribution in [3.8, 4) is 0 Å². The van der Waals surface area contributed by atoms with Crippen LogP contribution in [0, 0.1) is 0 Å². The molecular weight excluding hydrogens is 557 g/mol. The van der Waals surface area contributed by atoms with Crippen molar-refractivity contribution in [2.24, 2.45) is 0 Å². The zero-order valence-electron chi connectivity index (χ0n) is 18.5. The molecule has 9 nitrogen and oxygen atoms in total. The van der Waals surface area contributed by atoms with Crippen molar-refractivity contribution >= 4 is 49.2 Å². The molecule has 4 N–H and O–H groups in total. The van der Waals surface area contributed by atoms with E-state index in [1.165, 1.54) is 0 Å². The lowest BCUT2D eigenvalue weighted by Crippen LogP contribution is -2.43. The summed E-state index contributed by atoms with van der Waals surface area (Å²) in [6.07, 6.45) is -3.98. The first-order chi connectivity index (χ1) is 16.3. The molecule has 14 heteroatoms. The molecule has 1 saturated heterocycles. The third kappa shape index (κ3) is 9.74. The molecular formula is C21H24BrF3N4O5S. The van der Waals surface area contributed by atoms with E-state index < -0.39 is 22.2 Å². The molecule has 2 aromatic carbocycles.